The number of hydrogen-bond donors (Lipinski definition) is 1. The maximum atomic E-state index is 12.6. The number of likely N-dealkylation sites (N-methyl/N-ethyl adjacent to an activating group) is 1. The zero-order valence-corrected chi connectivity index (χ0v) is 22.4. The Hall–Kier alpha value is -4.14. The molecule has 2 saturated heterocycles. The molecule has 2 bridgehead atoms. The fourth-order valence-corrected chi connectivity index (χ4v) is 5.68. The average molecular weight is 574 g/mol. The molecule has 0 spiro atoms. The summed E-state index contributed by atoms with van der Waals surface area (Å²) in [6.45, 7) is 1.65. The lowest BCUT2D eigenvalue weighted by Crippen LogP contribution is -2.48. The molecule has 2 fully saturated rings. The summed E-state index contributed by atoms with van der Waals surface area (Å²) < 4.78 is 45.4. The van der Waals surface area contributed by atoms with Crippen LogP contribution >= 0.6 is 0 Å². The van der Waals surface area contributed by atoms with E-state index in [2.05, 4.69) is 30.1 Å². The van der Waals surface area contributed by atoms with E-state index >= 15 is 0 Å². The van der Waals surface area contributed by atoms with Gasteiger partial charge in [0.2, 0.25) is 11.9 Å². The van der Waals surface area contributed by atoms with Crippen LogP contribution in [0.25, 0.3) is 11.2 Å². The normalized spacial score (nSPS) is 21.3. The summed E-state index contributed by atoms with van der Waals surface area (Å²) in [5.74, 6) is 0.365. The molecule has 3 aliphatic rings. The summed E-state index contributed by atoms with van der Waals surface area (Å²) in [7, 11) is 2.04. The third kappa shape index (κ3) is 5.85. The van der Waals surface area contributed by atoms with Gasteiger partial charge in [0.25, 0.3) is 0 Å². The highest BCUT2D eigenvalue weighted by atomic mass is 19.4. The van der Waals surface area contributed by atoms with Crippen molar-refractivity contribution in [2.75, 3.05) is 45.2 Å². The molecule has 0 saturated carbocycles. The number of aromatic nitrogens is 5. The minimum atomic E-state index is -4.57. The van der Waals surface area contributed by atoms with Gasteiger partial charge in [0.15, 0.2) is 12.3 Å². The summed E-state index contributed by atoms with van der Waals surface area (Å²) in [5.41, 5.74) is 3.03. The summed E-state index contributed by atoms with van der Waals surface area (Å²) in [6, 6.07) is 3.17. The molecule has 6 rings (SSSR count). The first kappa shape index (κ1) is 27.1. The number of pyridine rings is 1. The molecule has 3 aliphatic heterocycles. The van der Waals surface area contributed by atoms with Gasteiger partial charge in [0.05, 0.1) is 17.9 Å². The van der Waals surface area contributed by atoms with Gasteiger partial charge in [0.1, 0.15) is 6.54 Å². The number of amides is 2. The zero-order chi connectivity index (χ0) is 28.7. The first-order chi connectivity index (χ1) is 19.6. The highest BCUT2D eigenvalue weighted by molar-refractivity contribution is 5.80. The Morgan fingerprint density at radius 3 is 2.73 bits per heavy atom. The van der Waals surface area contributed by atoms with Gasteiger partial charge < -0.3 is 19.9 Å². The molecule has 2 amide bonds. The van der Waals surface area contributed by atoms with Gasteiger partial charge in [0, 0.05) is 50.2 Å². The van der Waals surface area contributed by atoms with E-state index in [1.165, 1.54) is 4.90 Å². The van der Waals surface area contributed by atoms with E-state index in [4.69, 9.17) is 0 Å². The highest BCUT2D eigenvalue weighted by Gasteiger charge is 2.42. The fourth-order valence-electron chi connectivity index (χ4n) is 5.68. The highest BCUT2D eigenvalue weighted by Crippen LogP contribution is 2.40. The van der Waals surface area contributed by atoms with E-state index in [1.54, 1.807) is 27.8 Å². The number of carbonyl (C=O) groups is 2. The zero-order valence-electron chi connectivity index (χ0n) is 22.4. The Bertz CT molecular complexity index is 1480. The quantitative estimate of drug-likeness (QED) is 0.479. The van der Waals surface area contributed by atoms with Gasteiger partial charge in [-0.15, -0.1) is 5.10 Å². The minimum Gasteiger partial charge on any atom is -0.440 e. The number of hydrogen-bond acceptors (Lipinski definition) is 8. The molecule has 41 heavy (non-hydrogen) atoms. The molecular formula is C26H30F3N9O3. The third-order valence-electron chi connectivity index (χ3n) is 7.72. The number of carbonyl (C=O) groups excluding carboxylic acids is 2. The molecule has 12 nitrogen and oxygen atoms in total. The van der Waals surface area contributed by atoms with Crippen LogP contribution in [0.2, 0.25) is 0 Å². The van der Waals surface area contributed by atoms with Crippen molar-refractivity contribution in [1.29, 1.82) is 0 Å². The second-order valence-corrected chi connectivity index (χ2v) is 10.6. The lowest BCUT2D eigenvalue weighted by molar-refractivity contribution is -0.162. The lowest BCUT2D eigenvalue weighted by Gasteiger charge is -2.33. The number of ether oxygens (including phenoxy) is 1. The lowest BCUT2D eigenvalue weighted by atomic mass is 9.95. The predicted molar refractivity (Wildman–Crippen MR) is 141 cm³/mol. The molecule has 1 N–H and O–H groups in total. The third-order valence-corrected chi connectivity index (χ3v) is 7.72. The maximum absolute atomic E-state index is 12.6. The largest absolute Gasteiger partial charge is 0.440 e. The molecule has 3 aromatic rings. The standard InChI is InChI=1S/C26H30F3N9O3/c1-34-7-9-35(10-8-34)22(39)15-36-14-18(13-30-36)31-24-32-23-21(3-2-6-37(23)33-24)17-11-19-4-5-20(12-17)38(19)25(40)41-16-26(27,28)29/h2-3,6,11,13-14,19-20H,4-5,7-10,12,15-16H2,1H3,(H,31,33). The number of halogens is 3. The number of nitrogens with one attached hydrogen (secondary N) is 1. The number of nitrogens with zero attached hydrogens (tertiary/aromatic N) is 8. The molecule has 15 heteroatoms. The van der Waals surface area contributed by atoms with Crippen LogP contribution in [0.4, 0.5) is 29.6 Å². The van der Waals surface area contributed by atoms with Crippen LogP contribution < -0.4 is 5.32 Å². The SMILES string of the molecule is CN1CCN(C(=O)Cn2cc(Nc3nc4c(C5=CC6CCC(C5)N6C(=O)OCC(F)(F)F)cccn4n3)cn2)CC1. The monoisotopic (exact) mass is 573 g/mol. The van der Waals surface area contributed by atoms with E-state index in [0.29, 0.717) is 49.6 Å². The Morgan fingerprint density at radius 1 is 1.17 bits per heavy atom. The molecule has 218 valence electrons. The molecule has 0 aliphatic carbocycles. The van der Waals surface area contributed by atoms with Crippen molar-refractivity contribution in [1.82, 2.24) is 39.1 Å². The maximum Gasteiger partial charge on any atom is 0.422 e. The molecule has 3 aromatic heterocycles. The Balaban J connectivity index is 1.14. The Kier molecular flexibility index (Phi) is 7.05. The fraction of sp³-hybridized carbons (Fsp3) is 0.500. The minimum absolute atomic E-state index is 0.0187. The second kappa shape index (κ2) is 10.7. The summed E-state index contributed by atoms with van der Waals surface area (Å²) >= 11 is 0. The average Bonchev–Trinajstić information content (AvgIpc) is 3.62. The van der Waals surface area contributed by atoms with Gasteiger partial charge in [-0.05, 0) is 44.0 Å². The van der Waals surface area contributed by atoms with E-state index in [0.717, 1.165) is 24.2 Å². The summed E-state index contributed by atoms with van der Waals surface area (Å²) in [5, 5.41) is 12.0. The van der Waals surface area contributed by atoms with Crippen molar-refractivity contribution >= 4 is 34.9 Å². The van der Waals surface area contributed by atoms with Gasteiger partial charge in [-0.1, -0.05) is 6.08 Å². The number of piperazine rings is 1. The smallest absolute Gasteiger partial charge is 0.422 e. The molecular weight excluding hydrogens is 543 g/mol. The van der Waals surface area contributed by atoms with Gasteiger partial charge >= 0.3 is 12.3 Å². The Morgan fingerprint density at radius 2 is 1.98 bits per heavy atom. The number of rotatable bonds is 6. The van der Waals surface area contributed by atoms with Crippen LogP contribution in [0.5, 0.6) is 0 Å². The first-order valence-corrected chi connectivity index (χ1v) is 13.5. The predicted octanol–water partition coefficient (Wildman–Crippen LogP) is 2.76. The van der Waals surface area contributed by atoms with E-state index in [-0.39, 0.29) is 24.5 Å². The van der Waals surface area contributed by atoms with E-state index < -0.39 is 18.9 Å². The van der Waals surface area contributed by atoms with Crippen LogP contribution in [-0.4, -0.2) is 109 Å². The molecule has 2 atom stereocenters. The van der Waals surface area contributed by atoms with Crippen molar-refractivity contribution in [3.8, 4) is 0 Å². The molecule has 0 radical (unpaired) electrons. The Labute approximate surface area is 233 Å². The molecule has 6 heterocycles. The topological polar surface area (TPSA) is 113 Å². The second-order valence-electron chi connectivity index (χ2n) is 10.6. The van der Waals surface area contributed by atoms with Gasteiger partial charge in [-0.25, -0.2) is 9.31 Å². The van der Waals surface area contributed by atoms with Crippen molar-refractivity contribution in [2.24, 2.45) is 0 Å². The van der Waals surface area contributed by atoms with E-state index in [1.807, 2.05) is 30.2 Å². The van der Waals surface area contributed by atoms with Crippen LogP contribution in [0, 0.1) is 0 Å². The first-order valence-electron chi connectivity index (χ1n) is 13.5. The number of fused-ring (bicyclic) bond motifs is 3. The van der Waals surface area contributed by atoms with Crippen molar-refractivity contribution in [2.45, 2.75) is 44.1 Å². The molecule has 2 unspecified atom stereocenters. The summed E-state index contributed by atoms with van der Waals surface area (Å²) in [4.78, 5) is 35.2. The van der Waals surface area contributed by atoms with Crippen molar-refractivity contribution < 1.29 is 27.5 Å². The van der Waals surface area contributed by atoms with Crippen molar-refractivity contribution in [3.05, 3.63) is 42.4 Å². The van der Waals surface area contributed by atoms with Crippen LogP contribution in [0.1, 0.15) is 24.8 Å². The van der Waals surface area contributed by atoms with Crippen LogP contribution in [0.15, 0.2) is 36.8 Å². The van der Waals surface area contributed by atoms with Crippen LogP contribution in [-0.2, 0) is 16.1 Å². The van der Waals surface area contributed by atoms with Crippen LogP contribution in [0.3, 0.4) is 0 Å². The van der Waals surface area contributed by atoms with E-state index in [9.17, 15) is 22.8 Å². The number of anilines is 2. The van der Waals surface area contributed by atoms with Crippen molar-refractivity contribution in [3.63, 3.8) is 0 Å². The molecule has 0 aromatic carbocycles. The van der Waals surface area contributed by atoms with Gasteiger partial charge in [-0.2, -0.15) is 23.3 Å². The summed E-state index contributed by atoms with van der Waals surface area (Å²) in [6.07, 6.45) is 3.32. The van der Waals surface area contributed by atoms with Gasteiger partial charge in [-0.3, -0.25) is 14.4 Å². The number of alkyl halides is 3.